The molecule has 6 nitrogen and oxygen atoms in total. The van der Waals surface area contributed by atoms with Crippen LogP contribution in [0.1, 0.15) is 18.7 Å². The van der Waals surface area contributed by atoms with Gasteiger partial charge in [-0.05, 0) is 26.8 Å². The standard InChI is InChI=1S/C14H19N5OS/c1-4-15-14-17-11(10-7-8(2)21-13(10)18-14)19-6-5-16-12(20)9(19)3/h7,9H,4-6H2,1-3H3,(H,16,20)(H,15,17,18). The summed E-state index contributed by atoms with van der Waals surface area (Å²) in [5, 5.41) is 7.09. The molecule has 1 aliphatic heterocycles. The first-order valence-corrected chi connectivity index (χ1v) is 7.98. The Hall–Kier alpha value is -1.89. The molecular formula is C14H19N5OS. The maximum absolute atomic E-state index is 11.9. The third kappa shape index (κ3) is 2.53. The van der Waals surface area contributed by atoms with Crippen LogP contribution >= 0.6 is 11.3 Å². The minimum atomic E-state index is -0.216. The Bertz CT molecular complexity index is 683. The highest BCUT2D eigenvalue weighted by Gasteiger charge is 2.28. The largest absolute Gasteiger partial charge is 0.354 e. The molecule has 1 aliphatic rings. The second-order valence-electron chi connectivity index (χ2n) is 5.14. The summed E-state index contributed by atoms with van der Waals surface area (Å²) in [7, 11) is 0. The van der Waals surface area contributed by atoms with Gasteiger partial charge in [-0.2, -0.15) is 4.98 Å². The molecule has 1 fully saturated rings. The average Bonchev–Trinajstić information content (AvgIpc) is 2.82. The van der Waals surface area contributed by atoms with E-state index in [2.05, 4.69) is 38.5 Å². The number of hydrogen-bond acceptors (Lipinski definition) is 6. The van der Waals surface area contributed by atoms with Gasteiger partial charge in [-0.1, -0.05) is 0 Å². The first-order valence-electron chi connectivity index (χ1n) is 7.16. The molecule has 21 heavy (non-hydrogen) atoms. The van der Waals surface area contributed by atoms with E-state index >= 15 is 0 Å². The molecule has 0 saturated carbocycles. The van der Waals surface area contributed by atoms with Crippen molar-refractivity contribution in [3.05, 3.63) is 10.9 Å². The molecule has 0 aliphatic carbocycles. The predicted molar refractivity (Wildman–Crippen MR) is 86.1 cm³/mol. The third-order valence-corrected chi connectivity index (χ3v) is 4.55. The van der Waals surface area contributed by atoms with Gasteiger partial charge in [0.05, 0.1) is 5.39 Å². The van der Waals surface area contributed by atoms with Crippen molar-refractivity contribution < 1.29 is 4.79 Å². The molecule has 1 amide bonds. The van der Waals surface area contributed by atoms with E-state index in [1.54, 1.807) is 11.3 Å². The van der Waals surface area contributed by atoms with E-state index < -0.39 is 0 Å². The van der Waals surface area contributed by atoms with Gasteiger partial charge >= 0.3 is 0 Å². The Kier molecular flexibility index (Phi) is 3.67. The zero-order valence-corrected chi connectivity index (χ0v) is 13.3. The van der Waals surface area contributed by atoms with Gasteiger partial charge in [0.1, 0.15) is 16.7 Å². The van der Waals surface area contributed by atoms with E-state index in [0.717, 1.165) is 29.1 Å². The zero-order valence-electron chi connectivity index (χ0n) is 12.4. The number of aryl methyl sites for hydroxylation is 1. The molecule has 0 radical (unpaired) electrons. The first-order chi connectivity index (χ1) is 10.1. The lowest BCUT2D eigenvalue weighted by atomic mass is 10.2. The Labute approximate surface area is 127 Å². The maximum Gasteiger partial charge on any atom is 0.242 e. The van der Waals surface area contributed by atoms with Crippen molar-refractivity contribution >= 4 is 39.2 Å². The summed E-state index contributed by atoms with van der Waals surface area (Å²) in [6.07, 6.45) is 0. The average molecular weight is 305 g/mol. The molecule has 2 aromatic heterocycles. The molecule has 0 bridgehead atoms. The maximum atomic E-state index is 11.9. The van der Waals surface area contributed by atoms with E-state index in [1.807, 2.05) is 13.8 Å². The summed E-state index contributed by atoms with van der Waals surface area (Å²) in [5.74, 6) is 1.52. The van der Waals surface area contributed by atoms with Crippen LogP contribution in [0.25, 0.3) is 10.2 Å². The number of nitrogens with one attached hydrogen (secondary N) is 2. The van der Waals surface area contributed by atoms with Crippen molar-refractivity contribution in [2.75, 3.05) is 29.9 Å². The third-order valence-electron chi connectivity index (χ3n) is 3.60. The fourth-order valence-electron chi connectivity index (χ4n) is 2.55. The van der Waals surface area contributed by atoms with E-state index in [0.29, 0.717) is 12.5 Å². The van der Waals surface area contributed by atoms with E-state index in [4.69, 9.17) is 0 Å². The number of piperazine rings is 1. The number of amides is 1. The number of fused-ring (bicyclic) bond motifs is 1. The van der Waals surface area contributed by atoms with E-state index in [-0.39, 0.29) is 11.9 Å². The normalized spacial score (nSPS) is 18.9. The second-order valence-corrected chi connectivity index (χ2v) is 6.37. The van der Waals surface area contributed by atoms with Crippen LogP contribution in [0.2, 0.25) is 0 Å². The lowest BCUT2D eigenvalue weighted by Crippen LogP contribution is -2.54. The Morgan fingerprint density at radius 3 is 3.10 bits per heavy atom. The zero-order chi connectivity index (χ0) is 15.0. The van der Waals surface area contributed by atoms with Crippen LogP contribution in [0, 0.1) is 6.92 Å². The van der Waals surface area contributed by atoms with Gasteiger partial charge in [0, 0.05) is 24.5 Å². The molecule has 0 spiro atoms. The summed E-state index contributed by atoms with van der Waals surface area (Å²) in [6.45, 7) is 8.17. The highest BCUT2D eigenvalue weighted by atomic mass is 32.1. The summed E-state index contributed by atoms with van der Waals surface area (Å²) in [6, 6.07) is 1.89. The first kappa shape index (κ1) is 14.1. The molecule has 2 aromatic rings. The number of hydrogen-bond donors (Lipinski definition) is 2. The molecule has 3 heterocycles. The minimum absolute atomic E-state index is 0.0463. The van der Waals surface area contributed by atoms with Crippen molar-refractivity contribution in [3.8, 4) is 0 Å². The molecule has 1 unspecified atom stereocenters. The van der Waals surface area contributed by atoms with Crippen LogP contribution in [-0.2, 0) is 4.79 Å². The fourth-order valence-corrected chi connectivity index (χ4v) is 3.43. The van der Waals surface area contributed by atoms with E-state index in [1.165, 1.54) is 4.88 Å². The van der Waals surface area contributed by atoms with Gasteiger partial charge in [0.15, 0.2) is 0 Å². The van der Waals surface area contributed by atoms with Crippen molar-refractivity contribution in [3.63, 3.8) is 0 Å². The van der Waals surface area contributed by atoms with Crippen molar-refractivity contribution in [1.29, 1.82) is 0 Å². The topological polar surface area (TPSA) is 70.2 Å². The van der Waals surface area contributed by atoms with Gasteiger partial charge in [0.2, 0.25) is 11.9 Å². The number of thiophene rings is 1. The number of nitrogens with zero attached hydrogens (tertiary/aromatic N) is 3. The van der Waals surface area contributed by atoms with Gasteiger partial charge in [0.25, 0.3) is 0 Å². The molecule has 1 atom stereocenters. The molecule has 2 N–H and O–H groups in total. The van der Waals surface area contributed by atoms with Gasteiger partial charge in [-0.25, -0.2) is 4.98 Å². The van der Waals surface area contributed by atoms with E-state index in [9.17, 15) is 4.79 Å². The molecule has 112 valence electrons. The number of carbonyl (C=O) groups excluding carboxylic acids is 1. The van der Waals surface area contributed by atoms with Gasteiger partial charge < -0.3 is 15.5 Å². The predicted octanol–water partition coefficient (Wildman–Crippen LogP) is 1.76. The highest BCUT2D eigenvalue weighted by Crippen LogP contribution is 2.32. The van der Waals surface area contributed by atoms with Crippen LogP contribution in [0.3, 0.4) is 0 Å². The second kappa shape index (κ2) is 5.48. The van der Waals surface area contributed by atoms with Crippen LogP contribution in [0.15, 0.2) is 6.07 Å². The number of aromatic nitrogens is 2. The summed E-state index contributed by atoms with van der Waals surface area (Å²) in [5.41, 5.74) is 0. The number of carbonyl (C=O) groups is 1. The van der Waals surface area contributed by atoms with Gasteiger partial charge in [-0.3, -0.25) is 4.79 Å². The Morgan fingerprint density at radius 1 is 1.52 bits per heavy atom. The monoisotopic (exact) mass is 305 g/mol. The summed E-state index contributed by atoms with van der Waals surface area (Å²) < 4.78 is 0. The SMILES string of the molecule is CCNc1nc(N2CCNC(=O)C2C)c2cc(C)sc2n1. The van der Waals surface area contributed by atoms with Crippen LogP contribution in [0.5, 0.6) is 0 Å². The molecule has 3 rings (SSSR count). The number of anilines is 2. The molecule has 7 heteroatoms. The summed E-state index contributed by atoms with van der Waals surface area (Å²) >= 11 is 1.65. The molecule has 0 aromatic carbocycles. The number of rotatable bonds is 3. The van der Waals surface area contributed by atoms with Gasteiger partial charge in [-0.15, -0.1) is 11.3 Å². The summed E-state index contributed by atoms with van der Waals surface area (Å²) in [4.78, 5) is 25.3. The van der Waals surface area contributed by atoms with Crippen molar-refractivity contribution in [2.45, 2.75) is 26.8 Å². The fraction of sp³-hybridized carbons (Fsp3) is 0.500. The minimum Gasteiger partial charge on any atom is -0.354 e. The molecule has 1 saturated heterocycles. The Morgan fingerprint density at radius 2 is 2.33 bits per heavy atom. The highest BCUT2D eigenvalue weighted by molar-refractivity contribution is 7.18. The smallest absolute Gasteiger partial charge is 0.242 e. The van der Waals surface area contributed by atoms with Crippen molar-refractivity contribution in [1.82, 2.24) is 15.3 Å². The van der Waals surface area contributed by atoms with Crippen LogP contribution < -0.4 is 15.5 Å². The van der Waals surface area contributed by atoms with Crippen LogP contribution in [-0.4, -0.2) is 41.6 Å². The van der Waals surface area contributed by atoms with Crippen molar-refractivity contribution in [2.24, 2.45) is 0 Å². The lowest BCUT2D eigenvalue weighted by molar-refractivity contribution is -0.122. The lowest BCUT2D eigenvalue weighted by Gasteiger charge is -2.34. The Balaban J connectivity index is 2.12. The quantitative estimate of drug-likeness (QED) is 0.904. The molecular weight excluding hydrogens is 286 g/mol. The van der Waals surface area contributed by atoms with Crippen LogP contribution in [0.4, 0.5) is 11.8 Å².